The number of rotatable bonds is 8. The lowest BCUT2D eigenvalue weighted by molar-refractivity contribution is 0.0948. The van der Waals surface area contributed by atoms with Crippen molar-refractivity contribution in [2.75, 3.05) is 31.6 Å². The molecule has 0 spiro atoms. The van der Waals surface area contributed by atoms with Crippen LogP contribution in [-0.4, -0.2) is 41.6 Å². The molecular weight excluding hydrogens is 352 g/mol. The van der Waals surface area contributed by atoms with Gasteiger partial charge in [0.15, 0.2) is 0 Å². The zero-order chi connectivity index (χ0) is 19.2. The Balaban J connectivity index is 2.21. The lowest BCUT2D eigenvalue weighted by Crippen LogP contribution is -2.28. The van der Waals surface area contributed by atoms with E-state index in [0.717, 1.165) is 5.56 Å². The maximum atomic E-state index is 12.9. The summed E-state index contributed by atoms with van der Waals surface area (Å²) in [5.74, 6) is -0.309. The minimum absolute atomic E-state index is 0.0750. The molecule has 0 saturated carbocycles. The molecule has 0 radical (unpaired) electrons. The van der Waals surface area contributed by atoms with Crippen molar-refractivity contribution in [3.63, 3.8) is 0 Å². The number of hydrogen-bond donors (Lipinski definition) is 1. The van der Waals surface area contributed by atoms with Crippen molar-refractivity contribution >= 4 is 21.6 Å². The van der Waals surface area contributed by atoms with Crippen LogP contribution in [0.2, 0.25) is 0 Å². The SMILES string of the molecule is COCCCNC(=O)c1cccc(S(=O)(=O)N(C)c2cccc(C)c2)c1. The van der Waals surface area contributed by atoms with Gasteiger partial charge in [0.25, 0.3) is 15.9 Å². The molecule has 0 bridgehead atoms. The molecule has 0 fully saturated rings. The lowest BCUT2D eigenvalue weighted by Gasteiger charge is -2.20. The van der Waals surface area contributed by atoms with Crippen LogP contribution >= 0.6 is 0 Å². The van der Waals surface area contributed by atoms with Gasteiger partial charge < -0.3 is 10.1 Å². The Morgan fingerprint density at radius 1 is 1.15 bits per heavy atom. The van der Waals surface area contributed by atoms with Gasteiger partial charge in [-0.25, -0.2) is 8.42 Å². The summed E-state index contributed by atoms with van der Waals surface area (Å²) >= 11 is 0. The number of anilines is 1. The Labute approximate surface area is 154 Å². The standard InChI is InChI=1S/C19H24N2O4S/c1-15-7-4-9-17(13-15)21(2)26(23,24)18-10-5-8-16(14-18)19(22)20-11-6-12-25-3/h4-5,7-10,13-14H,6,11-12H2,1-3H3,(H,20,22). The van der Waals surface area contributed by atoms with E-state index in [1.807, 2.05) is 13.0 Å². The summed E-state index contributed by atoms with van der Waals surface area (Å²) in [6.07, 6.45) is 0.691. The summed E-state index contributed by atoms with van der Waals surface area (Å²) < 4.78 is 31.9. The molecule has 7 heteroatoms. The van der Waals surface area contributed by atoms with Crippen LogP contribution < -0.4 is 9.62 Å². The maximum Gasteiger partial charge on any atom is 0.264 e. The third-order valence-electron chi connectivity index (χ3n) is 3.93. The molecular formula is C19H24N2O4S. The van der Waals surface area contributed by atoms with Crippen molar-refractivity contribution in [1.29, 1.82) is 0 Å². The number of carbonyl (C=O) groups excluding carboxylic acids is 1. The van der Waals surface area contributed by atoms with E-state index in [9.17, 15) is 13.2 Å². The topological polar surface area (TPSA) is 75.7 Å². The van der Waals surface area contributed by atoms with Crippen molar-refractivity contribution in [1.82, 2.24) is 5.32 Å². The van der Waals surface area contributed by atoms with Crippen LogP contribution in [0.1, 0.15) is 22.3 Å². The number of methoxy groups -OCH3 is 1. The Kier molecular flexibility index (Phi) is 6.76. The van der Waals surface area contributed by atoms with Crippen LogP contribution in [-0.2, 0) is 14.8 Å². The van der Waals surface area contributed by atoms with Gasteiger partial charge in [0.05, 0.1) is 10.6 Å². The van der Waals surface area contributed by atoms with Gasteiger partial charge in [0, 0.05) is 32.9 Å². The van der Waals surface area contributed by atoms with Crippen LogP contribution in [0.25, 0.3) is 0 Å². The molecule has 0 aliphatic carbocycles. The molecule has 26 heavy (non-hydrogen) atoms. The van der Waals surface area contributed by atoms with E-state index < -0.39 is 10.0 Å². The van der Waals surface area contributed by atoms with Gasteiger partial charge in [0.2, 0.25) is 0 Å². The second-order valence-corrected chi connectivity index (χ2v) is 7.91. The van der Waals surface area contributed by atoms with E-state index in [4.69, 9.17) is 4.74 Å². The van der Waals surface area contributed by atoms with Gasteiger partial charge in [-0.1, -0.05) is 18.2 Å². The molecule has 0 aliphatic heterocycles. The molecule has 2 rings (SSSR count). The predicted molar refractivity (Wildman–Crippen MR) is 102 cm³/mol. The molecule has 0 heterocycles. The fourth-order valence-corrected chi connectivity index (χ4v) is 3.67. The highest BCUT2D eigenvalue weighted by Crippen LogP contribution is 2.23. The number of nitrogens with one attached hydrogen (secondary N) is 1. The van der Waals surface area contributed by atoms with Crippen molar-refractivity contribution in [2.24, 2.45) is 0 Å². The van der Waals surface area contributed by atoms with Gasteiger partial charge in [-0.15, -0.1) is 0 Å². The van der Waals surface area contributed by atoms with Crippen molar-refractivity contribution in [2.45, 2.75) is 18.2 Å². The van der Waals surface area contributed by atoms with Crippen molar-refractivity contribution in [3.05, 3.63) is 59.7 Å². The van der Waals surface area contributed by atoms with Crippen LogP contribution in [0.3, 0.4) is 0 Å². The summed E-state index contributed by atoms with van der Waals surface area (Å²) in [6, 6.07) is 13.3. The molecule has 0 aromatic heterocycles. The highest BCUT2D eigenvalue weighted by atomic mass is 32.2. The van der Waals surface area contributed by atoms with E-state index in [-0.39, 0.29) is 10.8 Å². The molecule has 140 valence electrons. The van der Waals surface area contributed by atoms with Crippen molar-refractivity contribution < 1.29 is 17.9 Å². The van der Waals surface area contributed by atoms with E-state index in [2.05, 4.69) is 5.32 Å². The Morgan fingerprint density at radius 2 is 1.88 bits per heavy atom. The van der Waals surface area contributed by atoms with Gasteiger partial charge in [-0.05, 0) is 49.2 Å². The summed E-state index contributed by atoms with van der Waals surface area (Å²) in [7, 11) is -0.661. The van der Waals surface area contributed by atoms with Crippen LogP contribution in [0, 0.1) is 6.92 Å². The number of carbonyl (C=O) groups is 1. The first-order valence-corrected chi connectivity index (χ1v) is 9.73. The predicted octanol–water partition coefficient (Wildman–Crippen LogP) is 2.59. The lowest BCUT2D eigenvalue weighted by atomic mass is 10.2. The number of aryl methyl sites for hydroxylation is 1. The highest BCUT2D eigenvalue weighted by Gasteiger charge is 2.22. The molecule has 1 amide bonds. The number of amides is 1. The average Bonchev–Trinajstić information content (AvgIpc) is 2.64. The Hall–Kier alpha value is -2.38. The Bertz CT molecular complexity index is 865. The minimum Gasteiger partial charge on any atom is -0.385 e. The smallest absolute Gasteiger partial charge is 0.264 e. The van der Waals surface area contributed by atoms with Gasteiger partial charge in [-0.3, -0.25) is 9.10 Å². The first-order valence-electron chi connectivity index (χ1n) is 8.29. The molecule has 0 atom stereocenters. The van der Waals surface area contributed by atoms with Crippen molar-refractivity contribution in [3.8, 4) is 0 Å². The van der Waals surface area contributed by atoms with Gasteiger partial charge in [-0.2, -0.15) is 0 Å². The fourth-order valence-electron chi connectivity index (χ4n) is 2.44. The second kappa shape index (κ2) is 8.82. The van der Waals surface area contributed by atoms with E-state index in [1.54, 1.807) is 37.4 Å². The molecule has 6 nitrogen and oxygen atoms in total. The zero-order valence-corrected chi connectivity index (χ0v) is 16.0. The van der Waals surface area contributed by atoms with Crippen LogP contribution in [0.4, 0.5) is 5.69 Å². The first kappa shape index (κ1) is 19.9. The number of hydrogen-bond acceptors (Lipinski definition) is 4. The zero-order valence-electron chi connectivity index (χ0n) is 15.2. The summed E-state index contributed by atoms with van der Waals surface area (Å²) in [4.78, 5) is 12.3. The quantitative estimate of drug-likeness (QED) is 0.719. The van der Waals surface area contributed by atoms with E-state index in [0.29, 0.717) is 30.8 Å². The Morgan fingerprint density at radius 3 is 2.58 bits per heavy atom. The summed E-state index contributed by atoms with van der Waals surface area (Å²) in [5, 5.41) is 2.75. The van der Waals surface area contributed by atoms with Gasteiger partial charge in [0.1, 0.15) is 0 Å². The average molecular weight is 376 g/mol. The number of sulfonamides is 1. The number of benzene rings is 2. The molecule has 0 unspecified atom stereocenters. The van der Waals surface area contributed by atoms with Crippen LogP contribution in [0.5, 0.6) is 0 Å². The molecule has 2 aromatic carbocycles. The molecule has 1 N–H and O–H groups in total. The number of nitrogens with zero attached hydrogens (tertiary/aromatic N) is 1. The van der Waals surface area contributed by atoms with Crippen LogP contribution in [0.15, 0.2) is 53.4 Å². The molecule has 0 aliphatic rings. The third kappa shape index (κ3) is 4.83. The van der Waals surface area contributed by atoms with Gasteiger partial charge >= 0.3 is 0 Å². The second-order valence-electron chi connectivity index (χ2n) is 5.94. The summed E-state index contributed by atoms with van der Waals surface area (Å²) in [5.41, 5.74) is 1.84. The normalized spacial score (nSPS) is 11.2. The first-order chi connectivity index (χ1) is 12.4. The van der Waals surface area contributed by atoms with E-state index >= 15 is 0 Å². The number of ether oxygens (including phenoxy) is 1. The fraction of sp³-hybridized carbons (Fsp3) is 0.316. The minimum atomic E-state index is -3.76. The summed E-state index contributed by atoms with van der Waals surface area (Å²) in [6.45, 7) is 2.92. The van der Waals surface area contributed by atoms with E-state index in [1.165, 1.54) is 23.5 Å². The highest BCUT2D eigenvalue weighted by molar-refractivity contribution is 7.92. The maximum absolute atomic E-state index is 12.9. The molecule has 2 aromatic rings. The molecule has 0 saturated heterocycles. The third-order valence-corrected chi connectivity index (χ3v) is 5.71. The largest absolute Gasteiger partial charge is 0.385 e. The monoisotopic (exact) mass is 376 g/mol.